The predicted octanol–water partition coefficient (Wildman–Crippen LogP) is 2.67. The van der Waals surface area contributed by atoms with Crippen LogP contribution < -0.4 is 5.32 Å². The highest BCUT2D eigenvalue weighted by atomic mass is 16.6. The molecule has 13 nitrogen and oxygen atoms in total. The zero-order chi connectivity index (χ0) is 24.4. The zero-order valence-electron chi connectivity index (χ0n) is 18.6. The molecule has 0 spiro atoms. The number of nitro groups is 1. The molecule has 0 aliphatic carbocycles. The minimum Gasteiger partial charge on any atom is -0.478 e. The zero-order valence-corrected chi connectivity index (χ0v) is 18.6. The number of hydrogen-bond donors (Lipinski definition) is 2. The standard InChI is InChI=1S/C18H20N6O7.C2H6/c1-23-9-13(24(28)29)15(22-23)16(25)20-5-2-3-7-30-14-8-11(4-6-19-14)17-21-12(10-31-17)18(26)27;1-2/h6,8-11H,2-5,7H2,1H3,(H,20,25)(H,26,27);1-2H3. The fraction of sp³-hybridized carbons (Fsp3) is 0.450. The lowest BCUT2D eigenvalue weighted by Gasteiger charge is -2.14. The summed E-state index contributed by atoms with van der Waals surface area (Å²) in [6.45, 7) is 4.64. The second kappa shape index (κ2) is 12.1. The summed E-state index contributed by atoms with van der Waals surface area (Å²) >= 11 is 0. The Bertz CT molecular complexity index is 1040. The van der Waals surface area contributed by atoms with Gasteiger partial charge in [0.15, 0.2) is 5.69 Å². The molecule has 0 radical (unpaired) electrons. The summed E-state index contributed by atoms with van der Waals surface area (Å²) in [5, 5.41) is 26.3. The first kappa shape index (κ1) is 25.2. The fourth-order valence-electron chi connectivity index (χ4n) is 2.81. The molecule has 1 amide bonds. The normalized spacial score (nSPS) is 14.6. The number of aliphatic imine (C=N–C) groups is 1. The quantitative estimate of drug-likeness (QED) is 0.305. The van der Waals surface area contributed by atoms with Crippen molar-refractivity contribution in [3.05, 3.63) is 51.8 Å². The van der Waals surface area contributed by atoms with Crippen LogP contribution in [0.25, 0.3) is 0 Å². The van der Waals surface area contributed by atoms with E-state index in [9.17, 15) is 19.7 Å². The number of aromatic carboxylic acids is 1. The van der Waals surface area contributed by atoms with Crippen LogP contribution in [0.2, 0.25) is 0 Å². The highest BCUT2D eigenvalue weighted by Gasteiger charge is 2.24. The molecule has 1 unspecified atom stereocenters. The minimum atomic E-state index is -1.16. The Kier molecular flexibility index (Phi) is 9.27. The maximum absolute atomic E-state index is 12.1. The van der Waals surface area contributed by atoms with Crippen molar-refractivity contribution in [3.63, 3.8) is 0 Å². The lowest BCUT2D eigenvalue weighted by atomic mass is 10.0. The number of hydrogen-bond acceptors (Lipinski definition) is 9. The third-order valence-electron chi connectivity index (χ3n) is 4.31. The lowest BCUT2D eigenvalue weighted by Crippen LogP contribution is -2.26. The van der Waals surface area contributed by atoms with E-state index in [1.54, 1.807) is 12.3 Å². The molecule has 2 aromatic heterocycles. The third-order valence-corrected chi connectivity index (χ3v) is 4.31. The van der Waals surface area contributed by atoms with Gasteiger partial charge in [-0.2, -0.15) is 5.10 Å². The van der Waals surface area contributed by atoms with E-state index in [4.69, 9.17) is 14.3 Å². The molecule has 2 N–H and O–H groups in total. The van der Waals surface area contributed by atoms with Gasteiger partial charge in [0.05, 0.1) is 17.4 Å². The SMILES string of the molecule is CC.Cn1cc([N+](=O)[O-])c(C(=O)NCCCCOC2=CC(c3nc(C(=O)O)co3)CC=N2)n1. The molecule has 33 heavy (non-hydrogen) atoms. The Hall–Kier alpha value is -4.03. The van der Waals surface area contributed by atoms with Gasteiger partial charge in [-0.15, -0.1) is 0 Å². The number of rotatable bonds is 10. The van der Waals surface area contributed by atoms with Gasteiger partial charge in [-0.3, -0.25) is 19.6 Å². The van der Waals surface area contributed by atoms with Crippen molar-refractivity contribution in [1.29, 1.82) is 0 Å². The van der Waals surface area contributed by atoms with E-state index < -0.39 is 16.8 Å². The van der Waals surface area contributed by atoms with Crippen molar-refractivity contribution in [2.75, 3.05) is 13.2 Å². The summed E-state index contributed by atoms with van der Waals surface area (Å²) in [7, 11) is 1.50. The number of nitrogens with zero attached hydrogens (tertiary/aromatic N) is 5. The summed E-state index contributed by atoms with van der Waals surface area (Å²) in [5.74, 6) is -1.39. The van der Waals surface area contributed by atoms with Crippen LogP contribution in [0.5, 0.6) is 0 Å². The third kappa shape index (κ3) is 6.98. The highest BCUT2D eigenvalue weighted by Crippen LogP contribution is 2.25. The van der Waals surface area contributed by atoms with E-state index in [0.29, 0.717) is 38.3 Å². The largest absolute Gasteiger partial charge is 0.478 e. The fourth-order valence-corrected chi connectivity index (χ4v) is 2.81. The Morgan fingerprint density at radius 3 is 2.82 bits per heavy atom. The van der Waals surface area contributed by atoms with Gasteiger partial charge in [0.1, 0.15) is 12.5 Å². The summed E-state index contributed by atoms with van der Waals surface area (Å²) in [6, 6.07) is 0. The number of carboxylic acid groups (broad SMARTS) is 1. The van der Waals surface area contributed by atoms with E-state index >= 15 is 0 Å². The molecule has 0 aromatic carbocycles. The smallest absolute Gasteiger partial charge is 0.357 e. The van der Waals surface area contributed by atoms with Crippen molar-refractivity contribution < 1.29 is 28.8 Å². The van der Waals surface area contributed by atoms with Gasteiger partial charge in [-0.25, -0.2) is 14.8 Å². The van der Waals surface area contributed by atoms with Crippen molar-refractivity contribution in [2.24, 2.45) is 12.0 Å². The van der Waals surface area contributed by atoms with Gasteiger partial charge in [-0.1, -0.05) is 13.8 Å². The Balaban J connectivity index is 0.00000187. The van der Waals surface area contributed by atoms with Gasteiger partial charge < -0.3 is 19.6 Å². The number of allylic oxidation sites excluding steroid dienone is 1. The minimum absolute atomic E-state index is 0.161. The average Bonchev–Trinajstić information content (AvgIpc) is 3.45. The summed E-state index contributed by atoms with van der Waals surface area (Å²) in [6.07, 6.45) is 7.31. The van der Waals surface area contributed by atoms with Gasteiger partial charge in [0.2, 0.25) is 17.5 Å². The molecule has 0 saturated carbocycles. The number of nitrogens with one attached hydrogen (secondary N) is 1. The second-order valence-corrected chi connectivity index (χ2v) is 6.64. The van der Waals surface area contributed by atoms with Crippen molar-refractivity contribution in [3.8, 4) is 0 Å². The molecule has 3 rings (SSSR count). The monoisotopic (exact) mass is 462 g/mol. The van der Waals surface area contributed by atoms with Crippen LogP contribution >= 0.6 is 0 Å². The van der Waals surface area contributed by atoms with Crippen LogP contribution in [0.1, 0.15) is 65.9 Å². The molecule has 0 fully saturated rings. The number of carbonyl (C=O) groups is 2. The predicted molar refractivity (Wildman–Crippen MR) is 116 cm³/mol. The topological polar surface area (TPSA) is 175 Å². The molecule has 1 atom stereocenters. The number of unbranched alkanes of at least 4 members (excludes halogenated alkanes) is 1. The number of ether oxygens (including phenoxy) is 1. The van der Waals surface area contributed by atoms with Crippen molar-refractivity contribution in [1.82, 2.24) is 20.1 Å². The van der Waals surface area contributed by atoms with E-state index in [2.05, 4.69) is 20.4 Å². The molecule has 13 heteroatoms. The Morgan fingerprint density at radius 2 is 2.15 bits per heavy atom. The Morgan fingerprint density at radius 1 is 1.39 bits per heavy atom. The van der Waals surface area contributed by atoms with E-state index in [1.165, 1.54) is 17.9 Å². The lowest BCUT2D eigenvalue weighted by molar-refractivity contribution is -0.385. The molecule has 1 aliphatic heterocycles. The van der Waals surface area contributed by atoms with Gasteiger partial charge in [0, 0.05) is 19.8 Å². The van der Waals surface area contributed by atoms with Crippen LogP contribution in [-0.2, 0) is 11.8 Å². The molecule has 2 aromatic rings. The number of carbonyl (C=O) groups excluding carboxylic acids is 1. The van der Waals surface area contributed by atoms with Gasteiger partial charge in [0.25, 0.3) is 5.91 Å². The summed E-state index contributed by atoms with van der Waals surface area (Å²) < 4.78 is 12.0. The van der Waals surface area contributed by atoms with Gasteiger partial charge >= 0.3 is 11.7 Å². The van der Waals surface area contributed by atoms with E-state index in [0.717, 1.165) is 6.26 Å². The summed E-state index contributed by atoms with van der Waals surface area (Å²) in [5.41, 5.74) is -0.734. The second-order valence-electron chi connectivity index (χ2n) is 6.64. The Labute approximate surface area is 189 Å². The van der Waals surface area contributed by atoms with Crippen LogP contribution in [0.3, 0.4) is 0 Å². The maximum Gasteiger partial charge on any atom is 0.357 e. The molecule has 1 aliphatic rings. The first-order chi connectivity index (χ1) is 15.8. The van der Waals surface area contributed by atoms with Crippen molar-refractivity contribution >= 4 is 23.8 Å². The molecule has 178 valence electrons. The van der Waals surface area contributed by atoms with E-state index in [-0.39, 0.29) is 28.9 Å². The van der Waals surface area contributed by atoms with Crippen LogP contribution in [0, 0.1) is 10.1 Å². The molecule has 3 heterocycles. The number of aromatic nitrogens is 3. The highest BCUT2D eigenvalue weighted by molar-refractivity contribution is 5.96. The number of aryl methyl sites for hydroxylation is 1. The molecule has 0 bridgehead atoms. The van der Waals surface area contributed by atoms with Crippen molar-refractivity contribution in [2.45, 2.75) is 39.0 Å². The number of carboxylic acids is 1. The number of oxazole rings is 1. The van der Waals surface area contributed by atoms with Crippen LogP contribution in [-0.4, -0.2) is 56.0 Å². The molecule has 0 saturated heterocycles. The number of amides is 1. The van der Waals surface area contributed by atoms with Gasteiger partial charge in [-0.05, 0) is 25.3 Å². The average molecular weight is 462 g/mol. The first-order valence-electron chi connectivity index (χ1n) is 10.4. The molecular weight excluding hydrogens is 436 g/mol. The van der Waals surface area contributed by atoms with Crippen LogP contribution in [0.15, 0.2) is 33.8 Å². The van der Waals surface area contributed by atoms with E-state index in [1.807, 2.05) is 13.8 Å². The maximum atomic E-state index is 12.1. The summed E-state index contributed by atoms with van der Waals surface area (Å²) in [4.78, 5) is 41.4. The first-order valence-corrected chi connectivity index (χ1v) is 10.4. The molecular formula is C20H26N6O7. The van der Waals surface area contributed by atoms with Crippen LogP contribution in [0.4, 0.5) is 5.69 Å².